The van der Waals surface area contributed by atoms with Gasteiger partial charge in [0, 0.05) is 0 Å². The van der Waals surface area contributed by atoms with Crippen LogP contribution in [0.3, 0.4) is 0 Å². The molecule has 0 saturated heterocycles. The lowest BCUT2D eigenvalue weighted by Crippen LogP contribution is -2.20. The second kappa shape index (κ2) is 39.5. The van der Waals surface area contributed by atoms with E-state index in [0.29, 0.717) is 84.3 Å². The van der Waals surface area contributed by atoms with E-state index in [4.69, 9.17) is 0 Å². The molecule has 108 heavy (non-hydrogen) atoms. The Kier molecular flexibility index (Phi) is 30.9. The minimum Gasteiger partial charge on any atom is -0.504 e. The van der Waals surface area contributed by atoms with Gasteiger partial charge in [0.05, 0.1) is 25.2 Å². The summed E-state index contributed by atoms with van der Waals surface area (Å²) in [7, 11) is 0. The van der Waals surface area contributed by atoms with Crippen molar-refractivity contribution in [2.45, 2.75) is 74.1 Å². The van der Waals surface area contributed by atoms with Crippen LogP contribution in [0, 0.1) is 19.8 Å². The molecule has 0 fully saturated rings. The van der Waals surface area contributed by atoms with Crippen molar-refractivity contribution in [2.75, 3.05) is 0 Å². The third kappa shape index (κ3) is 26.3. The van der Waals surface area contributed by atoms with Crippen LogP contribution in [0.4, 0.5) is 0 Å². The Morgan fingerprint density at radius 2 is 0.565 bits per heavy atom. The van der Waals surface area contributed by atoms with Crippen LogP contribution in [-0.2, 0) is 38.4 Å². The van der Waals surface area contributed by atoms with Gasteiger partial charge in [-0.25, -0.2) is 0 Å². The molecule has 0 spiro atoms. The molecule has 0 aliphatic heterocycles. The quantitative estimate of drug-likeness (QED) is 0.0144. The highest BCUT2D eigenvalue weighted by Crippen LogP contribution is 2.35. The van der Waals surface area contributed by atoms with Crippen LogP contribution in [0.2, 0.25) is 0 Å². The van der Waals surface area contributed by atoms with Gasteiger partial charge in [0.15, 0.2) is 138 Å². The Bertz CT molecular complexity index is 4810. The maximum atomic E-state index is 12.4. The monoisotopic (exact) mass is 1470 g/mol. The van der Waals surface area contributed by atoms with Crippen LogP contribution in [-0.4, -0.2) is 128 Å². The standard InChI is InChI=1S/4C21H20O6/c1-12(9-15-5-8-18(24)20(26)11-15)21(27)13(2)16(22)6-3-14-4-7-17(23)19(25)10-14;2*1-12(7-15-8-13(2)21(27)20(26)10-15)18(24)11-16(22)5-3-14-4-6-17(23)19(25)9-14;1-2-15(9-14-5-8-18(24)21(27)11-14)19(25)12-16(22)6-3-13-4-7-17(23)20(26)10-13/h3-11,13,23-26H,1-2H3;2*3-10,23,25-27H,11H2,1-2H3;3-11,23-24,26-27H,2,12H2,1H3/b6-3+,12-9+;2*5-3+,12-7+;6-3+,15-9+. The number of allylic oxidation sites excluding steroid dienone is 8. The lowest BCUT2D eigenvalue weighted by molar-refractivity contribution is -0.128. The van der Waals surface area contributed by atoms with Gasteiger partial charge in [0.25, 0.3) is 0 Å². The zero-order valence-corrected chi connectivity index (χ0v) is 59.5. The predicted octanol–water partition coefficient (Wildman–Crippen LogP) is 13.9. The molecule has 0 radical (unpaired) electrons. The van der Waals surface area contributed by atoms with E-state index in [0.717, 1.165) is 0 Å². The van der Waals surface area contributed by atoms with Crippen LogP contribution in [0.1, 0.15) is 116 Å². The number of benzene rings is 8. The second-order valence-electron chi connectivity index (χ2n) is 24.4. The molecule has 1 unspecified atom stereocenters. The van der Waals surface area contributed by atoms with Crippen LogP contribution < -0.4 is 0 Å². The summed E-state index contributed by atoms with van der Waals surface area (Å²) < 4.78 is 0. The number of aryl methyl sites for hydroxylation is 2. The Balaban J connectivity index is 0.000000258. The van der Waals surface area contributed by atoms with Gasteiger partial charge in [0.1, 0.15) is 0 Å². The van der Waals surface area contributed by atoms with E-state index < -0.39 is 29.1 Å². The highest BCUT2D eigenvalue weighted by Gasteiger charge is 2.22. The number of hydrogen-bond donors (Lipinski definition) is 16. The predicted molar refractivity (Wildman–Crippen MR) is 406 cm³/mol. The van der Waals surface area contributed by atoms with Crippen molar-refractivity contribution in [1.82, 2.24) is 0 Å². The van der Waals surface area contributed by atoms with Gasteiger partial charge in [-0.3, -0.25) is 38.4 Å². The Morgan fingerprint density at radius 3 is 0.861 bits per heavy atom. The van der Waals surface area contributed by atoms with Gasteiger partial charge < -0.3 is 81.7 Å². The maximum Gasteiger partial charge on any atom is 0.169 e. The van der Waals surface area contributed by atoms with Crippen molar-refractivity contribution < 1.29 is 120 Å². The van der Waals surface area contributed by atoms with Crippen LogP contribution in [0.5, 0.6) is 92.0 Å². The molecule has 8 aromatic carbocycles. The summed E-state index contributed by atoms with van der Waals surface area (Å²) in [6.45, 7) is 11.2. The largest absolute Gasteiger partial charge is 0.504 e. The average molecular weight is 1470 g/mol. The first-order valence-corrected chi connectivity index (χ1v) is 32.7. The van der Waals surface area contributed by atoms with E-state index in [-0.39, 0.29) is 134 Å². The summed E-state index contributed by atoms with van der Waals surface area (Å²) in [5, 5.41) is 151. The summed E-state index contributed by atoms with van der Waals surface area (Å²) in [4.78, 5) is 97.4. The van der Waals surface area contributed by atoms with Crippen molar-refractivity contribution in [3.8, 4) is 92.0 Å². The molecule has 0 aliphatic rings. The summed E-state index contributed by atoms with van der Waals surface area (Å²) in [6.07, 6.45) is 16.3. The third-order valence-corrected chi connectivity index (χ3v) is 15.7. The van der Waals surface area contributed by atoms with Gasteiger partial charge in [-0.15, -0.1) is 0 Å². The minimum absolute atomic E-state index is 0.211. The molecule has 560 valence electrons. The molecule has 0 heterocycles. The Labute approximate surface area is 619 Å². The summed E-state index contributed by atoms with van der Waals surface area (Å²) in [5.74, 6) is -8.31. The molecule has 8 rings (SSSR count). The highest BCUT2D eigenvalue weighted by molar-refractivity contribution is 6.16. The number of carbonyl (C=O) groups excluding carboxylic acids is 8. The van der Waals surface area contributed by atoms with E-state index in [2.05, 4.69) is 0 Å². The molecule has 24 heteroatoms. The van der Waals surface area contributed by atoms with Crippen LogP contribution >= 0.6 is 0 Å². The fourth-order valence-electron chi connectivity index (χ4n) is 9.55. The number of phenols is 16. The number of Topliss-reactive ketones (excluding diaryl/α,β-unsaturated/α-hetero) is 4. The second-order valence-corrected chi connectivity index (χ2v) is 24.4. The normalized spacial score (nSPS) is 12.0. The Morgan fingerprint density at radius 1 is 0.306 bits per heavy atom. The van der Waals surface area contributed by atoms with Crippen molar-refractivity contribution in [3.05, 3.63) is 236 Å². The lowest BCUT2D eigenvalue weighted by Gasteiger charge is -2.08. The Hall–Kier alpha value is -14.2. The van der Waals surface area contributed by atoms with Crippen LogP contribution in [0.25, 0.3) is 48.6 Å². The fraction of sp³-hybridized carbons (Fsp3) is 0.143. The van der Waals surface area contributed by atoms with E-state index >= 15 is 0 Å². The first kappa shape index (κ1) is 84.5. The van der Waals surface area contributed by atoms with E-state index in [1.165, 1.54) is 189 Å². The van der Waals surface area contributed by atoms with Crippen molar-refractivity contribution in [1.29, 1.82) is 0 Å². The topological polar surface area (TPSA) is 460 Å². The van der Waals surface area contributed by atoms with E-state index in [9.17, 15) is 120 Å². The number of carbonyl (C=O) groups is 8. The summed E-state index contributed by atoms with van der Waals surface area (Å²) in [6, 6.07) is 30.7. The molecule has 16 N–H and O–H groups in total. The molecule has 0 amide bonds. The lowest BCUT2D eigenvalue weighted by atomic mass is 9.94. The number of aromatic hydroxyl groups is 16. The molecule has 0 aliphatic carbocycles. The van der Waals surface area contributed by atoms with Crippen molar-refractivity contribution >= 4 is 94.9 Å². The zero-order valence-electron chi connectivity index (χ0n) is 59.5. The smallest absolute Gasteiger partial charge is 0.169 e. The van der Waals surface area contributed by atoms with Gasteiger partial charge >= 0.3 is 0 Å². The first-order valence-electron chi connectivity index (χ1n) is 32.7. The van der Waals surface area contributed by atoms with Crippen LogP contribution in [0.15, 0.2) is 180 Å². The number of hydrogen-bond acceptors (Lipinski definition) is 24. The zero-order chi connectivity index (χ0) is 80.4. The fourth-order valence-corrected chi connectivity index (χ4v) is 9.55. The van der Waals surface area contributed by atoms with E-state index in [1.54, 1.807) is 65.8 Å². The van der Waals surface area contributed by atoms with Gasteiger partial charge in [-0.05, 0) is 272 Å². The summed E-state index contributed by atoms with van der Waals surface area (Å²) in [5.41, 5.74) is 6.53. The molecular weight excluding hydrogens is 1390 g/mol. The SMILES string of the molecule is C/C(=C\c1cc(C)c(O)c(O)c1)C(=O)CC(=O)/C=C/c1ccc(O)c(O)c1.C/C(=C\c1cc(C)c(O)c(O)c1)C(=O)CC(=O)/C=C/c1ccc(O)c(O)c1.C/C(=C\c1ccc(O)c(O)c1)C(=O)C(C)C(=O)/C=C/c1ccc(O)c(O)c1.CC/C(=C\c1ccc(O)c(O)c1)C(=O)CC(=O)/C=C/c1ccc(O)c(O)c1. The highest BCUT2D eigenvalue weighted by atomic mass is 16.3. The minimum atomic E-state index is -0.908. The molecule has 0 saturated carbocycles. The maximum absolute atomic E-state index is 12.4. The molecule has 1 atom stereocenters. The molecule has 8 aromatic rings. The molecule has 0 bridgehead atoms. The number of ketones is 8. The van der Waals surface area contributed by atoms with Crippen molar-refractivity contribution in [2.24, 2.45) is 5.92 Å². The number of rotatable bonds is 25. The third-order valence-electron chi connectivity index (χ3n) is 15.7. The van der Waals surface area contributed by atoms with E-state index in [1.807, 2.05) is 0 Å². The number of phenolic OH excluding ortho intramolecular Hbond substituents is 16. The molecular formula is C84H80O24. The van der Waals surface area contributed by atoms with Gasteiger partial charge in [-0.1, -0.05) is 67.6 Å². The van der Waals surface area contributed by atoms with Gasteiger partial charge in [-0.2, -0.15) is 0 Å². The van der Waals surface area contributed by atoms with Crippen molar-refractivity contribution in [3.63, 3.8) is 0 Å². The first-order chi connectivity index (χ1) is 50.8. The summed E-state index contributed by atoms with van der Waals surface area (Å²) >= 11 is 0. The molecule has 0 aromatic heterocycles. The average Bonchev–Trinajstić information content (AvgIpc) is 0.843. The van der Waals surface area contributed by atoms with Gasteiger partial charge in [0.2, 0.25) is 0 Å². The molecule has 24 nitrogen and oxygen atoms in total.